The molecule has 0 aromatic rings. The summed E-state index contributed by atoms with van der Waals surface area (Å²) < 4.78 is 13.0. The number of allylic oxidation sites excluding steroid dienone is 1. The highest BCUT2D eigenvalue weighted by molar-refractivity contribution is 4.81. The zero-order chi connectivity index (χ0) is 11.3. The van der Waals surface area contributed by atoms with Crippen molar-refractivity contribution in [2.24, 2.45) is 11.8 Å². The first-order valence-electron chi connectivity index (χ1n) is 6.14. The molecule has 1 unspecified atom stereocenters. The van der Waals surface area contributed by atoms with Crippen LogP contribution in [0, 0.1) is 11.8 Å². The molecule has 3 atom stereocenters. The van der Waals surface area contributed by atoms with Gasteiger partial charge in [-0.25, -0.2) is 4.39 Å². The lowest BCUT2D eigenvalue weighted by molar-refractivity contribution is 0.233. The molecule has 1 heterocycles. The van der Waals surface area contributed by atoms with Gasteiger partial charge < -0.3 is 4.90 Å². The molecule has 1 rings (SSSR count). The van der Waals surface area contributed by atoms with Gasteiger partial charge in [-0.05, 0) is 24.7 Å². The van der Waals surface area contributed by atoms with Gasteiger partial charge in [-0.1, -0.05) is 26.3 Å². The van der Waals surface area contributed by atoms with E-state index in [1.807, 2.05) is 6.08 Å². The van der Waals surface area contributed by atoms with Gasteiger partial charge in [-0.15, -0.1) is 6.58 Å². The number of hydrogen-bond donors (Lipinski definition) is 0. The van der Waals surface area contributed by atoms with Crippen LogP contribution in [-0.4, -0.2) is 30.7 Å². The molecular weight excluding hydrogens is 189 g/mol. The molecule has 0 aliphatic carbocycles. The minimum absolute atomic E-state index is 0.582. The Labute approximate surface area is 93.3 Å². The van der Waals surface area contributed by atoms with E-state index in [0.29, 0.717) is 18.4 Å². The normalized spacial score (nSPS) is 26.5. The fourth-order valence-electron chi connectivity index (χ4n) is 2.31. The number of alkyl halides is 1. The summed E-state index contributed by atoms with van der Waals surface area (Å²) in [7, 11) is 0. The summed E-state index contributed by atoms with van der Waals surface area (Å²) in [6.45, 7) is 10.9. The molecule has 0 amide bonds. The molecule has 0 N–H and O–H groups in total. The fourth-order valence-corrected chi connectivity index (χ4v) is 2.31. The van der Waals surface area contributed by atoms with Crippen molar-refractivity contribution in [2.45, 2.75) is 39.3 Å². The van der Waals surface area contributed by atoms with Crippen LogP contribution >= 0.6 is 0 Å². The van der Waals surface area contributed by atoms with Gasteiger partial charge in [0, 0.05) is 19.6 Å². The lowest BCUT2D eigenvalue weighted by atomic mass is 9.93. The van der Waals surface area contributed by atoms with Crippen LogP contribution in [0.25, 0.3) is 0 Å². The van der Waals surface area contributed by atoms with Crippen LogP contribution in [-0.2, 0) is 0 Å². The van der Waals surface area contributed by atoms with Crippen molar-refractivity contribution in [2.75, 3.05) is 19.6 Å². The van der Waals surface area contributed by atoms with Crippen LogP contribution in [0.15, 0.2) is 12.7 Å². The van der Waals surface area contributed by atoms with E-state index in [9.17, 15) is 4.39 Å². The molecule has 0 radical (unpaired) electrons. The molecular formula is C13H24FN. The minimum atomic E-state index is -0.584. The number of halogens is 1. The Morgan fingerprint density at radius 3 is 2.80 bits per heavy atom. The first kappa shape index (κ1) is 12.7. The molecule has 0 spiro atoms. The highest BCUT2D eigenvalue weighted by atomic mass is 19.1. The van der Waals surface area contributed by atoms with Crippen molar-refractivity contribution >= 4 is 0 Å². The second-order valence-electron chi connectivity index (χ2n) is 4.87. The number of rotatable bonds is 6. The summed E-state index contributed by atoms with van der Waals surface area (Å²) in [6.07, 6.45) is 4.54. The van der Waals surface area contributed by atoms with E-state index >= 15 is 0 Å². The van der Waals surface area contributed by atoms with Gasteiger partial charge in [0.15, 0.2) is 0 Å². The van der Waals surface area contributed by atoms with Crippen LogP contribution in [0.3, 0.4) is 0 Å². The van der Waals surface area contributed by atoms with E-state index in [0.717, 1.165) is 19.5 Å². The molecule has 2 heteroatoms. The van der Waals surface area contributed by atoms with Gasteiger partial charge in [0.1, 0.15) is 6.17 Å². The van der Waals surface area contributed by atoms with Crippen LogP contribution in [0.5, 0.6) is 0 Å². The summed E-state index contributed by atoms with van der Waals surface area (Å²) in [5.74, 6) is 1.28. The zero-order valence-electron chi connectivity index (χ0n) is 10.1. The molecule has 15 heavy (non-hydrogen) atoms. The third kappa shape index (κ3) is 4.33. The zero-order valence-corrected chi connectivity index (χ0v) is 10.1. The predicted molar refractivity (Wildman–Crippen MR) is 63.7 cm³/mol. The molecule has 0 saturated carbocycles. The molecule has 88 valence electrons. The summed E-state index contributed by atoms with van der Waals surface area (Å²) in [4.78, 5) is 2.27. The van der Waals surface area contributed by atoms with Gasteiger partial charge in [-0.2, -0.15) is 0 Å². The van der Waals surface area contributed by atoms with Crippen molar-refractivity contribution in [1.29, 1.82) is 0 Å². The van der Waals surface area contributed by atoms with Crippen molar-refractivity contribution < 1.29 is 4.39 Å². The molecule has 0 bridgehead atoms. The average molecular weight is 213 g/mol. The Balaban J connectivity index is 2.29. The summed E-state index contributed by atoms with van der Waals surface area (Å²) >= 11 is 0. The Morgan fingerprint density at radius 2 is 2.33 bits per heavy atom. The Kier molecular flexibility index (Phi) is 5.30. The first-order chi connectivity index (χ1) is 7.15. The minimum Gasteiger partial charge on any atom is -0.300 e. The SMILES string of the molecule is C=C[C@@H](C)CC(CC)CN1CC[C@@H](F)C1. The van der Waals surface area contributed by atoms with Crippen LogP contribution in [0.2, 0.25) is 0 Å². The quantitative estimate of drug-likeness (QED) is 0.612. The molecule has 1 nitrogen and oxygen atoms in total. The van der Waals surface area contributed by atoms with Gasteiger partial charge in [0.2, 0.25) is 0 Å². The highest BCUT2D eigenvalue weighted by Crippen LogP contribution is 2.20. The number of hydrogen-bond acceptors (Lipinski definition) is 1. The third-order valence-electron chi connectivity index (χ3n) is 3.42. The third-order valence-corrected chi connectivity index (χ3v) is 3.42. The Hall–Kier alpha value is -0.370. The van der Waals surface area contributed by atoms with E-state index in [-0.39, 0.29) is 0 Å². The van der Waals surface area contributed by atoms with Crippen LogP contribution in [0.1, 0.15) is 33.1 Å². The monoisotopic (exact) mass is 213 g/mol. The standard InChI is InChI=1S/C13H24FN/c1-4-11(3)8-12(5-2)9-15-7-6-13(14)10-15/h4,11-13H,1,5-10H2,2-3H3/t11-,12?,13-/m1/s1. The average Bonchev–Trinajstić information content (AvgIpc) is 2.62. The van der Waals surface area contributed by atoms with Crippen molar-refractivity contribution in [3.63, 3.8) is 0 Å². The molecule has 0 aromatic carbocycles. The topological polar surface area (TPSA) is 3.24 Å². The van der Waals surface area contributed by atoms with E-state index < -0.39 is 6.17 Å². The summed E-state index contributed by atoms with van der Waals surface area (Å²) in [5.41, 5.74) is 0. The van der Waals surface area contributed by atoms with Gasteiger partial charge in [-0.3, -0.25) is 0 Å². The largest absolute Gasteiger partial charge is 0.300 e. The number of nitrogens with zero attached hydrogens (tertiary/aromatic N) is 1. The van der Waals surface area contributed by atoms with Gasteiger partial charge >= 0.3 is 0 Å². The van der Waals surface area contributed by atoms with Crippen molar-refractivity contribution in [3.8, 4) is 0 Å². The lowest BCUT2D eigenvalue weighted by Gasteiger charge is -2.23. The summed E-state index contributed by atoms with van der Waals surface area (Å²) in [6, 6.07) is 0. The summed E-state index contributed by atoms with van der Waals surface area (Å²) in [5, 5.41) is 0. The lowest BCUT2D eigenvalue weighted by Crippen LogP contribution is -2.28. The second kappa shape index (κ2) is 6.26. The van der Waals surface area contributed by atoms with Gasteiger partial charge in [0.05, 0.1) is 0 Å². The van der Waals surface area contributed by atoms with Crippen molar-refractivity contribution in [3.05, 3.63) is 12.7 Å². The van der Waals surface area contributed by atoms with Crippen LogP contribution < -0.4 is 0 Å². The van der Waals surface area contributed by atoms with E-state index in [1.54, 1.807) is 0 Å². The smallest absolute Gasteiger partial charge is 0.114 e. The molecule has 1 aliphatic rings. The number of likely N-dealkylation sites (tertiary alicyclic amines) is 1. The van der Waals surface area contributed by atoms with Crippen LogP contribution in [0.4, 0.5) is 4.39 Å². The first-order valence-corrected chi connectivity index (χ1v) is 6.14. The molecule has 1 saturated heterocycles. The predicted octanol–water partition coefficient (Wildman–Crippen LogP) is 3.27. The van der Waals surface area contributed by atoms with E-state index in [2.05, 4.69) is 25.3 Å². The Bertz CT molecular complexity index is 193. The van der Waals surface area contributed by atoms with E-state index in [1.165, 1.54) is 12.8 Å². The maximum absolute atomic E-state index is 13.0. The highest BCUT2D eigenvalue weighted by Gasteiger charge is 2.23. The molecule has 0 aromatic heterocycles. The molecule has 1 fully saturated rings. The maximum Gasteiger partial charge on any atom is 0.114 e. The van der Waals surface area contributed by atoms with Gasteiger partial charge in [0.25, 0.3) is 0 Å². The van der Waals surface area contributed by atoms with Crippen molar-refractivity contribution in [1.82, 2.24) is 4.90 Å². The second-order valence-corrected chi connectivity index (χ2v) is 4.87. The maximum atomic E-state index is 13.0. The molecule has 1 aliphatic heterocycles. The fraction of sp³-hybridized carbons (Fsp3) is 0.846. The Morgan fingerprint density at radius 1 is 1.60 bits per heavy atom. The van der Waals surface area contributed by atoms with E-state index in [4.69, 9.17) is 0 Å².